The first-order valence-corrected chi connectivity index (χ1v) is 9.36. The minimum absolute atomic E-state index is 0.0146. The third kappa shape index (κ3) is 3.93. The second-order valence-corrected chi connectivity index (χ2v) is 7.43. The van der Waals surface area contributed by atoms with Crippen molar-refractivity contribution in [1.29, 1.82) is 5.41 Å². The Balaban J connectivity index is 1.62. The van der Waals surface area contributed by atoms with E-state index in [0.29, 0.717) is 18.9 Å². The zero-order valence-corrected chi connectivity index (χ0v) is 15.1. The van der Waals surface area contributed by atoms with Gasteiger partial charge >= 0.3 is 0 Å². The smallest absolute Gasteiger partial charge is 0.242 e. The van der Waals surface area contributed by atoms with Gasteiger partial charge in [0.2, 0.25) is 5.91 Å². The Morgan fingerprint density at radius 2 is 2.04 bits per heavy atom. The molecule has 2 fully saturated rings. The van der Waals surface area contributed by atoms with Gasteiger partial charge in [0.05, 0.1) is 18.0 Å². The quantitative estimate of drug-likeness (QED) is 0.652. The van der Waals surface area contributed by atoms with E-state index >= 15 is 0 Å². The predicted octanol–water partition coefficient (Wildman–Crippen LogP) is 2.60. The second-order valence-electron chi connectivity index (χ2n) is 7.43. The Bertz CT molecular complexity index is 619. The molecule has 2 aliphatic rings. The molecule has 0 aromatic heterocycles. The number of hydrogen-bond donors (Lipinski definition) is 2. The standard InChI is InChI=1S/C20H29N3O2/c1-16(21)23-14-13-22(15-19(23)24)12-10-18-9-5-6-11-20(18,25)17-7-3-2-4-8-17/h2-4,7-8,18,21,25H,5-6,9-15H2,1H3. The molecule has 1 aromatic carbocycles. The Morgan fingerprint density at radius 3 is 2.72 bits per heavy atom. The van der Waals surface area contributed by atoms with Crippen molar-refractivity contribution in [1.82, 2.24) is 9.80 Å². The van der Waals surface area contributed by atoms with E-state index in [1.54, 1.807) is 11.8 Å². The summed E-state index contributed by atoms with van der Waals surface area (Å²) in [4.78, 5) is 15.9. The van der Waals surface area contributed by atoms with Crippen molar-refractivity contribution in [3.8, 4) is 0 Å². The fraction of sp³-hybridized carbons (Fsp3) is 0.600. The average molecular weight is 343 g/mol. The molecule has 0 radical (unpaired) electrons. The van der Waals surface area contributed by atoms with Gasteiger partial charge in [0.15, 0.2) is 0 Å². The summed E-state index contributed by atoms with van der Waals surface area (Å²) in [6.45, 7) is 4.28. The van der Waals surface area contributed by atoms with Crippen LogP contribution in [0.4, 0.5) is 0 Å². The molecule has 1 saturated heterocycles. The van der Waals surface area contributed by atoms with Crippen molar-refractivity contribution in [2.75, 3.05) is 26.2 Å². The molecule has 25 heavy (non-hydrogen) atoms. The lowest BCUT2D eigenvalue weighted by atomic mass is 9.70. The lowest BCUT2D eigenvalue weighted by Gasteiger charge is -2.42. The Labute approximate surface area is 150 Å². The molecule has 1 saturated carbocycles. The SMILES string of the molecule is CC(=N)N1CCN(CCC2CCCCC2(O)c2ccccc2)CC1=O. The summed E-state index contributed by atoms with van der Waals surface area (Å²) in [6, 6.07) is 10.1. The normalized spacial score (nSPS) is 28.2. The molecule has 136 valence electrons. The van der Waals surface area contributed by atoms with E-state index in [2.05, 4.69) is 4.90 Å². The summed E-state index contributed by atoms with van der Waals surface area (Å²) in [5.74, 6) is 0.581. The number of carbonyl (C=O) groups is 1. The lowest BCUT2D eigenvalue weighted by molar-refractivity contribution is -0.131. The zero-order valence-electron chi connectivity index (χ0n) is 15.1. The number of benzene rings is 1. The lowest BCUT2D eigenvalue weighted by Crippen LogP contribution is -2.52. The van der Waals surface area contributed by atoms with Crippen LogP contribution in [0.15, 0.2) is 30.3 Å². The molecule has 1 aliphatic heterocycles. The van der Waals surface area contributed by atoms with Gasteiger partial charge in [-0.15, -0.1) is 0 Å². The Hall–Kier alpha value is -1.72. The van der Waals surface area contributed by atoms with Crippen molar-refractivity contribution >= 4 is 11.7 Å². The van der Waals surface area contributed by atoms with Crippen LogP contribution >= 0.6 is 0 Å². The van der Waals surface area contributed by atoms with E-state index in [1.165, 1.54) is 6.42 Å². The molecule has 2 N–H and O–H groups in total. The summed E-state index contributed by atoms with van der Waals surface area (Å²) >= 11 is 0. The van der Waals surface area contributed by atoms with Crippen LogP contribution in [-0.4, -0.2) is 52.8 Å². The number of nitrogens with zero attached hydrogens (tertiary/aromatic N) is 2. The molecule has 1 amide bonds. The van der Waals surface area contributed by atoms with Gasteiger partial charge in [0, 0.05) is 13.1 Å². The predicted molar refractivity (Wildman–Crippen MR) is 98.5 cm³/mol. The van der Waals surface area contributed by atoms with Gasteiger partial charge in [-0.05, 0) is 44.2 Å². The van der Waals surface area contributed by atoms with E-state index in [-0.39, 0.29) is 11.8 Å². The number of aliphatic hydroxyl groups is 1. The topological polar surface area (TPSA) is 67.6 Å². The highest BCUT2D eigenvalue weighted by atomic mass is 16.3. The molecule has 5 heteroatoms. The van der Waals surface area contributed by atoms with E-state index < -0.39 is 5.60 Å². The maximum Gasteiger partial charge on any atom is 0.242 e. The minimum Gasteiger partial charge on any atom is -0.385 e. The van der Waals surface area contributed by atoms with Crippen LogP contribution in [0.5, 0.6) is 0 Å². The number of piperazine rings is 1. The number of nitrogens with one attached hydrogen (secondary N) is 1. The highest BCUT2D eigenvalue weighted by Gasteiger charge is 2.40. The van der Waals surface area contributed by atoms with Gasteiger partial charge in [0.25, 0.3) is 0 Å². The van der Waals surface area contributed by atoms with Crippen molar-refractivity contribution in [2.24, 2.45) is 5.92 Å². The summed E-state index contributed by atoms with van der Waals surface area (Å²) in [5.41, 5.74) is 0.289. The monoisotopic (exact) mass is 343 g/mol. The number of rotatable bonds is 4. The maximum absolute atomic E-state index is 12.1. The summed E-state index contributed by atoms with van der Waals surface area (Å²) in [5, 5.41) is 19.0. The number of amides is 1. The van der Waals surface area contributed by atoms with Gasteiger partial charge in [0.1, 0.15) is 0 Å². The molecule has 2 atom stereocenters. The fourth-order valence-corrected chi connectivity index (χ4v) is 4.32. The highest BCUT2D eigenvalue weighted by molar-refractivity contribution is 5.96. The van der Waals surface area contributed by atoms with E-state index in [0.717, 1.165) is 44.3 Å². The maximum atomic E-state index is 12.1. The highest BCUT2D eigenvalue weighted by Crippen LogP contribution is 2.43. The van der Waals surface area contributed by atoms with Crippen LogP contribution in [0.3, 0.4) is 0 Å². The van der Waals surface area contributed by atoms with E-state index in [1.807, 2.05) is 30.3 Å². The zero-order chi connectivity index (χ0) is 17.9. The van der Waals surface area contributed by atoms with Gasteiger partial charge in [-0.25, -0.2) is 0 Å². The average Bonchev–Trinajstić information content (AvgIpc) is 2.61. The molecule has 1 heterocycles. The van der Waals surface area contributed by atoms with E-state index in [9.17, 15) is 9.90 Å². The van der Waals surface area contributed by atoms with Crippen molar-refractivity contribution < 1.29 is 9.90 Å². The summed E-state index contributed by atoms with van der Waals surface area (Å²) in [7, 11) is 0. The molecule has 1 aromatic rings. The Kier molecular flexibility index (Phi) is 5.54. The van der Waals surface area contributed by atoms with Gasteiger partial charge in [-0.2, -0.15) is 0 Å². The number of carbonyl (C=O) groups excluding carboxylic acids is 1. The van der Waals surface area contributed by atoms with Gasteiger partial charge < -0.3 is 5.11 Å². The van der Waals surface area contributed by atoms with Crippen LogP contribution in [-0.2, 0) is 10.4 Å². The molecule has 0 spiro atoms. The summed E-state index contributed by atoms with van der Waals surface area (Å²) < 4.78 is 0. The second kappa shape index (κ2) is 7.67. The van der Waals surface area contributed by atoms with Crippen molar-refractivity contribution in [3.63, 3.8) is 0 Å². The first kappa shape index (κ1) is 18.1. The first-order chi connectivity index (χ1) is 12.0. The van der Waals surface area contributed by atoms with Crippen LogP contribution in [0, 0.1) is 11.3 Å². The number of amidine groups is 1. The molecule has 2 unspecified atom stereocenters. The van der Waals surface area contributed by atoms with Gasteiger partial charge in [-0.1, -0.05) is 43.2 Å². The first-order valence-electron chi connectivity index (χ1n) is 9.36. The molecule has 3 rings (SSSR count). The molecule has 1 aliphatic carbocycles. The van der Waals surface area contributed by atoms with Crippen molar-refractivity contribution in [3.05, 3.63) is 35.9 Å². The largest absolute Gasteiger partial charge is 0.385 e. The van der Waals surface area contributed by atoms with Crippen LogP contribution in [0.2, 0.25) is 0 Å². The molecule has 5 nitrogen and oxygen atoms in total. The molecular weight excluding hydrogens is 314 g/mol. The van der Waals surface area contributed by atoms with E-state index in [4.69, 9.17) is 5.41 Å². The number of hydrogen-bond acceptors (Lipinski definition) is 4. The van der Waals surface area contributed by atoms with Crippen LogP contribution in [0.1, 0.15) is 44.6 Å². The summed E-state index contributed by atoms with van der Waals surface area (Å²) in [6.07, 6.45) is 5.00. The third-order valence-corrected chi connectivity index (χ3v) is 5.81. The minimum atomic E-state index is -0.739. The third-order valence-electron chi connectivity index (χ3n) is 5.81. The van der Waals surface area contributed by atoms with Gasteiger partial charge in [-0.3, -0.25) is 20.0 Å². The Morgan fingerprint density at radius 1 is 1.28 bits per heavy atom. The molecule has 0 bridgehead atoms. The van der Waals surface area contributed by atoms with Crippen molar-refractivity contribution in [2.45, 2.75) is 44.6 Å². The van der Waals surface area contributed by atoms with Crippen LogP contribution < -0.4 is 0 Å². The fourth-order valence-electron chi connectivity index (χ4n) is 4.32. The molecular formula is C20H29N3O2. The van der Waals surface area contributed by atoms with Crippen LogP contribution in [0.25, 0.3) is 0 Å².